The number of carbonyl (C=O) groups is 1. The zero-order valence-corrected chi connectivity index (χ0v) is 13.8. The number of carbonyl (C=O) groups excluding carboxylic acids is 1. The first-order chi connectivity index (χ1) is 11.7. The molecule has 0 aliphatic carbocycles. The third-order valence-electron chi connectivity index (χ3n) is 4.48. The van der Waals surface area contributed by atoms with Crippen LogP contribution < -0.4 is 10.5 Å². The molecule has 1 fully saturated rings. The van der Waals surface area contributed by atoms with Crippen molar-refractivity contribution < 1.29 is 9.53 Å². The third kappa shape index (κ3) is 3.82. The Morgan fingerprint density at radius 1 is 1.25 bits per heavy atom. The van der Waals surface area contributed by atoms with Gasteiger partial charge in [-0.15, -0.1) is 0 Å². The molecule has 0 atom stereocenters. The predicted octanol–water partition coefficient (Wildman–Crippen LogP) is 2.02. The average molecular weight is 326 g/mol. The van der Waals surface area contributed by atoms with Gasteiger partial charge >= 0.3 is 0 Å². The topological polar surface area (TPSA) is 81.3 Å². The maximum atomic E-state index is 12.5. The number of nitrogens with zero attached hydrogens (tertiary/aromatic N) is 3. The Kier molecular flexibility index (Phi) is 4.93. The van der Waals surface area contributed by atoms with E-state index in [2.05, 4.69) is 9.97 Å². The van der Waals surface area contributed by atoms with E-state index in [9.17, 15) is 4.79 Å². The van der Waals surface area contributed by atoms with Gasteiger partial charge in [-0.1, -0.05) is 12.1 Å². The summed E-state index contributed by atoms with van der Waals surface area (Å²) < 4.78 is 5.14. The number of anilines is 1. The Bertz CT molecular complexity index is 694. The van der Waals surface area contributed by atoms with E-state index in [1.54, 1.807) is 13.3 Å². The molecule has 1 aromatic heterocycles. The summed E-state index contributed by atoms with van der Waals surface area (Å²) in [6.07, 6.45) is 3.93. The van der Waals surface area contributed by atoms with Crippen LogP contribution in [0.2, 0.25) is 0 Å². The molecule has 126 valence electrons. The molecule has 2 N–H and O–H groups in total. The summed E-state index contributed by atoms with van der Waals surface area (Å²) in [7, 11) is 1.63. The summed E-state index contributed by atoms with van der Waals surface area (Å²) >= 11 is 0. The monoisotopic (exact) mass is 326 g/mol. The van der Waals surface area contributed by atoms with E-state index in [0.29, 0.717) is 18.3 Å². The van der Waals surface area contributed by atoms with Gasteiger partial charge in [-0.2, -0.15) is 0 Å². The van der Waals surface area contributed by atoms with E-state index in [-0.39, 0.29) is 5.91 Å². The number of amides is 1. The summed E-state index contributed by atoms with van der Waals surface area (Å²) in [6, 6.07) is 9.55. The molecule has 0 spiro atoms. The molecule has 24 heavy (non-hydrogen) atoms. The van der Waals surface area contributed by atoms with E-state index in [0.717, 1.165) is 42.9 Å². The van der Waals surface area contributed by atoms with Gasteiger partial charge in [0.1, 0.15) is 5.75 Å². The molecule has 6 nitrogen and oxygen atoms in total. The molecule has 0 bridgehead atoms. The van der Waals surface area contributed by atoms with Crippen LogP contribution in [0.1, 0.15) is 30.0 Å². The highest BCUT2D eigenvalue weighted by Gasteiger charge is 2.24. The van der Waals surface area contributed by atoms with Crippen LogP contribution in [0.3, 0.4) is 0 Å². The van der Waals surface area contributed by atoms with Gasteiger partial charge in [0.25, 0.3) is 0 Å². The molecular formula is C18H22N4O2. The predicted molar refractivity (Wildman–Crippen MR) is 91.7 cm³/mol. The van der Waals surface area contributed by atoms with Crippen LogP contribution in [-0.4, -0.2) is 41.0 Å². The zero-order valence-electron chi connectivity index (χ0n) is 13.8. The van der Waals surface area contributed by atoms with Gasteiger partial charge in [-0.25, -0.2) is 9.97 Å². The van der Waals surface area contributed by atoms with E-state index in [1.807, 2.05) is 35.2 Å². The van der Waals surface area contributed by atoms with Crippen molar-refractivity contribution in [2.24, 2.45) is 0 Å². The average Bonchev–Trinajstić information content (AvgIpc) is 2.62. The van der Waals surface area contributed by atoms with Crippen LogP contribution in [0.25, 0.3) is 0 Å². The molecule has 0 saturated carbocycles. The van der Waals surface area contributed by atoms with Gasteiger partial charge in [0, 0.05) is 30.9 Å². The molecule has 1 aliphatic rings. The minimum atomic E-state index is 0.167. The van der Waals surface area contributed by atoms with E-state index in [4.69, 9.17) is 10.5 Å². The molecule has 1 aromatic carbocycles. The first-order valence-corrected chi connectivity index (χ1v) is 8.15. The smallest absolute Gasteiger partial charge is 0.226 e. The largest absolute Gasteiger partial charge is 0.497 e. The number of hydrogen-bond donors (Lipinski definition) is 1. The van der Waals surface area contributed by atoms with Gasteiger partial charge in [0.2, 0.25) is 11.9 Å². The second-order valence-corrected chi connectivity index (χ2v) is 6.02. The van der Waals surface area contributed by atoms with Gasteiger partial charge < -0.3 is 15.4 Å². The maximum Gasteiger partial charge on any atom is 0.226 e. The summed E-state index contributed by atoms with van der Waals surface area (Å²) in [5, 5.41) is 0. The maximum absolute atomic E-state index is 12.5. The highest BCUT2D eigenvalue weighted by Crippen LogP contribution is 2.27. The highest BCUT2D eigenvalue weighted by molar-refractivity contribution is 5.78. The number of likely N-dealkylation sites (tertiary alicyclic amines) is 1. The quantitative estimate of drug-likeness (QED) is 0.929. The molecule has 1 amide bonds. The zero-order chi connectivity index (χ0) is 16.9. The normalized spacial score (nSPS) is 15.3. The van der Waals surface area contributed by atoms with Crippen molar-refractivity contribution in [3.8, 4) is 5.75 Å². The Labute approximate surface area is 141 Å². The summed E-state index contributed by atoms with van der Waals surface area (Å²) in [5.74, 6) is 1.63. The van der Waals surface area contributed by atoms with Gasteiger partial charge in [0.05, 0.1) is 13.5 Å². The molecular weight excluding hydrogens is 304 g/mol. The third-order valence-corrected chi connectivity index (χ3v) is 4.48. The molecule has 1 aliphatic heterocycles. The summed E-state index contributed by atoms with van der Waals surface area (Å²) in [5.41, 5.74) is 7.63. The van der Waals surface area contributed by atoms with E-state index in [1.165, 1.54) is 0 Å². The van der Waals surface area contributed by atoms with E-state index >= 15 is 0 Å². The summed E-state index contributed by atoms with van der Waals surface area (Å²) in [4.78, 5) is 22.6. The molecule has 0 unspecified atom stereocenters. The number of nitrogens with two attached hydrogens (primary N) is 1. The molecule has 2 heterocycles. The molecule has 0 radical (unpaired) electrons. The SMILES string of the molecule is COc1ccc(CC(=O)N2CCC(c3ccnc(N)n3)CC2)cc1. The van der Waals surface area contributed by atoms with Crippen molar-refractivity contribution in [2.45, 2.75) is 25.2 Å². The molecule has 1 saturated heterocycles. The van der Waals surface area contributed by atoms with Crippen LogP contribution in [0.5, 0.6) is 5.75 Å². The lowest BCUT2D eigenvalue weighted by Crippen LogP contribution is -2.38. The number of ether oxygens (including phenoxy) is 1. The Morgan fingerprint density at radius 2 is 1.96 bits per heavy atom. The molecule has 6 heteroatoms. The van der Waals surface area contributed by atoms with Crippen molar-refractivity contribution in [1.82, 2.24) is 14.9 Å². The number of benzene rings is 1. The van der Waals surface area contributed by atoms with Crippen molar-refractivity contribution in [3.63, 3.8) is 0 Å². The van der Waals surface area contributed by atoms with Gasteiger partial charge in [0.15, 0.2) is 0 Å². The lowest BCUT2D eigenvalue weighted by molar-refractivity contribution is -0.131. The number of rotatable bonds is 4. The van der Waals surface area contributed by atoms with Crippen LogP contribution in [0.4, 0.5) is 5.95 Å². The summed E-state index contributed by atoms with van der Waals surface area (Å²) in [6.45, 7) is 1.51. The second kappa shape index (κ2) is 7.29. The van der Waals surface area contributed by atoms with E-state index < -0.39 is 0 Å². The number of piperidine rings is 1. The van der Waals surface area contributed by atoms with Gasteiger partial charge in [-0.05, 0) is 36.6 Å². The lowest BCUT2D eigenvalue weighted by Gasteiger charge is -2.31. The number of methoxy groups -OCH3 is 1. The fourth-order valence-electron chi connectivity index (χ4n) is 3.07. The Hall–Kier alpha value is -2.63. The highest BCUT2D eigenvalue weighted by atomic mass is 16.5. The minimum Gasteiger partial charge on any atom is -0.497 e. The number of aromatic nitrogens is 2. The fraction of sp³-hybridized carbons (Fsp3) is 0.389. The Morgan fingerprint density at radius 3 is 2.58 bits per heavy atom. The van der Waals surface area contributed by atoms with Crippen molar-refractivity contribution in [2.75, 3.05) is 25.9 Å². The standard InChI is InChI=1S/C18H22N4O2/c1-24-15-4-2-13(3-5-15)12-17(23)22-10-7-14(8-11-22)16-6-9-20-18(19)21-16/h2-6,9,14H,7-8,10-12H2,1H3,(H2,19,20,21). The minimum absolute atomic E-state index is 0.167. The van der Waals surface area contributed by atoms with Crippen LogP contribution in [0.15, 0.2) is 36.5 Å². The fourth-order valence-corrected chi connectivity index (χ4v) is 3.07. The van der Waals surface area contributed by atoms with Crippen molar-refractivity contribution in [1.29, 1.82) is 0 Å². The first-order valence-electron chi connectivity index (χ1n) is 8.15. The molecule has 3 rings (SSSR count). The van der Waals surface area contributed by atoms with Gasteiger partial charge in [-0.3, -0.25) is 4.79 Å². The lowest BCUT2D eigenvalue weighted by atomic mass is 9.93. The van der Waals surface area contributed by atoms with Crippen LogP contribution in [-0.2, 0) is 11.2 Å². The number of nitrogen functional groups attached to an aromatic ring is 1. The Balaban J connectivity index is 1.54. The first kappa shape index (κ1) is 16.2. The second-order valence-electron chi connectivity index (χ2n) is 6.02. The number of hydrogen-bond acceptors (Lipinski definition) is 5. The van der Waals surface area contributed by atoms with Crippen LogP contribution in [0, 0.1) is 0 Å². The van der Waals surface area contributed by atoms with Crippen molar-refractivity contribution >= 4 is 11.9 Å². The van der Waals surface area contributed by atoms with Crippen LogP contribution >= 0.6 is 0 Å². The van der Waals surface area contributed by atoms with Crippen molar-refractivity contribution in [3.05, 3.63) is 47.8 Å². The molecule has 2 aromatic rings.